The Morgan fingerprint density at radius 2 is 1.73 bits per heavy atom. The number of carbonyl (C=O) groups is 1. The first-order valence-electron chi connectivity index (χ1n) is 11.6. The zero-order valence-electron chi connectivity index (χ0n) is 17.4. The minimum Gasteiger partial charge on any atom is -0.370 e. The van der Waals surface area contributed by atoms with E-state index in [1.165, 1.54) is 64.2 Å². The molecular weight excluding hydrogens is 318 g/mol. The predicted molar refractivity (Wildman–Crippen MR) is 107 cm³/mol. The molecule has 0 radical (unpaired) electrons. The average Bonchev–Trinajstić information content (AvgIpc) is 2.96. The topological polar surface area (TPSA) is 43.1 Å². The third-order valence-electron chi connectivity index (χ3n) is 10.2. The van der Waals surface area contributed by atoms with Crippen LogP contribution in [0.15, 0.2) is 0 Å². The fourth-order valence-corrected chi connectivity index (χ4v) is 8.84. The van der Waals surface area contributed by atoms with Gasteiger partial charge < -0.3 is 5.73 Å². The Morgan fingerprint density at radius 1 is 0.962 bits per heavy atom. The standard InChI is InChI=1S/C24H41NO/c1-16(7-12-22(25)26)19-10-11-20-18-9-8-17-6-4-5-14-23(17,2)21(18)13-15-24(19,20)3/h16-21H,4-15H2,1-3H3,(H2,25,26)/t16-,17+,18+,19-,20?,21?,23+,24-/m1/s1. The van der Waals surface area contributed by atoms with E-state index in [2.05, 4.69) is 20.8 Å². The van der Waals surface area contributed by atoms with Crippen molar-refractivity contribution in [2.75, 3.05) is 0 Å². The van der Waals surface area contributed by atoms with E-state index in [0.717, 1.165) is 36.0 Å². The van der Waals surface area contributed by atoms with Crippen molar-refractivity contribution in [2.45, 2.75) is 97.8 Å². The van der Waals surface area contributed by atoms with E-state index in [-0.39, 0.29) is 5.91 Å². The van der Waals surface area contributed by atoms with Crippen molar-refractivity contribution in [3.8, 4) is 0 Å². The van der Waals surface area contributed by atoms with E-state index in [1.807, 2.05) is 0 Å². The Labute approximate surface area is 161 Å². The monoisotopic (exact) mass is 359 g/mol. The third kappa shape index (κ3) is 2.85. The van der Waals surface area contributed by atoms with Gasteiger partial charge in [0, 0.05) is 6.42 Å². The first-order chi connectivity index (χ1) is 12.4. The Kier molecular flexibility index (Phi) is 4.93. The molecule has 26 heavy (non-hydrogen) atoms. The molecule has 0 aromatic carbocycles. The van der Waals surface area contributed by atoms with Crippen LogP contribution >= 0.6 is 0 Å². The smallest absolute Gasteiger partial charge is 0.217 e. The van der Waals surface area contributed by atoms with Crippen molar-refractivity contribution in [3.05, 3.63) is 0 Å². The highest BCUT2D eigenvalue weighted by molar-refractivity contribution is 5.73. The van der Waals surface area contributed by atoms with Gasteiger partial charge in [-0.1, -0.05) is 33.6 Å². The summed E-state index contributed by atoms with van der Waals surface area (Å²) in [5.74, 6) is 5.29. The van der Waals surface area contributed by atoms with Crippen molar-refractivity contribution in [1.29, 1.82) is 0 Å². The maximum absolute atomic E-state index is 11.3. The summed E-state index contributed by atoms with van der Waals surface area (Å²) in [6, 6.07) is 0. The molecule has 0 bridgehead atoms. The van der Waals surface area contributed by atoms with Gasteiger partial charge in [0.15, 0.2) is 0 Å². The van der Waals surface area contributed by atoms with Crippen molar-refractivity contribution < 1.29 is 4.79 Å². The molecule has 4 fully saturated rings. The summed E-state index contributed by atoms with van der Waals surface area (Å²) in [5.41, 5.74) is 6.60. The van der Waals surface area contributed by atoms with Gasteiger partial charge in [-0.05, 0) is 104 Å². The minimum absolute atomic E-state index is 0.121. The fourth-order valence-electron chi connectivity index (χ4n) is 8.84. The van der Waals surface area contributed by atoms with Crippen LogP contribution in [0.4, 0.5) is 0 Å². The van der Waals surface area contributed by atoms with Crippen molar-refractivity contribution in [2.24, 2.45) is 52.1 Å². The zero-order valence-corrected chi connectivity index (χ0v) is 17.4. The molecule has 0 aliphatic heterocycles. The summed E-state index contributed by atoms with van der Waals surface area (Å²) in [7, 11) is 0. The molecule has 2 unspecified atom stereocenters. The molecule has 8 atom stereocenters. The Bertz CT molecular complexity index is 544. The number of fused-ring (bicyclic) bond motifs is 5. The molecule has 0 aromatic heterocycles. The highest BCUT2D eigenvalue weighted by atomic mass is 16.1. The van der Waals surface area contributed by atoms with Crippen LogP contribution in [0.3, 0.4) is 0 Å². The molecular formula is C24H41NO. The van der Waals surface area contributed by atoms with E-state index in [4.69, 9.17) is 5.73 Å². The maximum atomic E-state index is 11.3. The van der Waals surface area contributed by atoms with Gasteiger partial charge in [-0.25, -0.2) is 0 Å². The van der Waals surface area contributed by atoms with Crippen LogP contribution in [0, 0.1) is 46.3 Å². The van der Waals surface area contributed by atoms with E-state index < -0.39 is 0 Å². The predicted octanol–water partition coefficient (Wildman–Crippen LogP) is 5.94. The quantitative estimate of drug-likeness (QED) is 0.663. The maximum Gasteiger partial charge on any atom is 0.217 e. The summed E-state index contributed by atoms with van der Waals surface area (Å²) in [6.07, 6.45) is 16.3. The largest absolute Gasteiger partial charge is 0.370 e. The highest BCUT2D eigenvalue weighted by Gasteiger charge is 2.60. The van der Waals surface area contributed by atoms with Crippen LogP contribution in [-0.2, 0) is 4.79 Å². The van der Waals surface area contributed by atoms with Gasteiger partial charge >= 0.3 is 0 Å². The first kappa shape index (κ1) is 18.8. The lowest BCUT2D eigenvalue weighted by atomic mass is 9.44. The molecule has 4 rings (SSSR count). The van der Waals surface area contributed by atoms with E-state index in [9.17, 15) is 4.79 Å². The highest BCUT2D eigenvalue weighted by Crippen LogP contribution is 2.68. The number of nitrogens with two attached hydrogens (primary N) is 1. The second-order valence-corrected chi connectivity index (χ2v) is 11.1. The lowest BCUT2D eigenvalue weighted by Crippen LogP contribution is -2.53. The Balaban J connectivity index is 1.52. The molecule has 2 N–H and O–H groups in total. The molecule has 4 aliphatic rings. The van der Waals surface area contributed by atoms with Crippen LogP contribution in [-0.4, -0.2) is 5.91 Å². The summed E-state index contributed by atoms with van der Waals surface area (Å²) in [4.78, 5) is 11.3. The van der Waals surface area contributed by atoms with Gasteiger partial charge in [-0.15, -0.1) is 0 Å². The lowest BCUT2D eigenvalue weighted by molar-refractivity contribution is -0.119. The van der Waals surface area contributed by atoms with Gasteiger partial charge in [0.1, 0.15) is 0 Å². The molecule has 4 saturated carbocycles. The van der Waals surface area contributed by atoms with Gasteiger partial charge in [-0.3, -0.25) is 4.79 Å². The Morgan fingerprint density at radius 3 is 2.50 bits per heavy atom. The van der Waals surface area contributed by atoms with Gasteiger partial charge in [0.25, 0.3) is 0 Å². The van der Waals surface area contributed by atoms with E-state index in [1.54, 1.807) is 0 Å². The summed E-state index contributed by atoms with van der Waals surface area (Å²) in [5, 5.41) is 0. The molecule has 0 spiro atoms. The van der Waals surface area contributed by atoms with Gasteiger partial charge in [0.2, 0.25) is 5.91 Å². The second kappa shape index (κ2) is 6.82. The molecule has 0 heterocycles. The molecule has 0 aromatic rings. The van der Waals surface area contributed by atoms with Gasteiger partial charge in [-0.2, -0.15) is 0 Å². The molecule has 0 saturated heterocycles. The average molecular weight is 360 g/mol. The van der Waals surface area contributed by atoms with Crippen molar-refractivity contribution >= 4 is 5.91 Å². The molecule has 2 heteroatoms. The first-order valence-corrected chi connectivity index (χ1v) is 11.6. The molecule has 148 valence electrons. The van der Waals surface area contributed by atoms with Crippen LogP contribution < -0.4 is 5.73 Å². The van der Waals surface area contributed by atoms with Crippen LogP contribution in [0.2, 0.25) is 0 Å². The number of rotatable bonds is 4. The fraction of sp³-hybridized carbons (Fsp3) is 0.958. The lowest BCUT2D eigenvalue weighted by Gasteiger charge is -2.61. The summed E-state index contributed by atoms with van der Waals surface area (Å²) >= 11 is 0. The minimum atomic E-state index is -0.121. The van der Waals surface area contributed by atoms with Crippen LogP contribution in [0.1, 0.15) is 97.8 Å². The summed E-state index contributed by atoms with van der Waals surface area (Å²) in [6.45, 7) is 7.70. The number of amides is 1. The SMILES string of the molecule is C[C@H](CCC(N)=O)[C@H]1CCC2[C@@H]3CC[C@@H]4CCCC[C@]4(C)C3CC[C@@]21C. The van der Waals surface area contributed by atoms with E-state index >= 15 is 0 Å². The summed E-state index contributed by atoms with van der Waals surface area (Å²) < 4.78 is 0. The number of primary amides is 1. The number of hydrogen-bond acceptors (Lipinski definition) is 1. The van der Waals surface area contributed by atoms with Gasteiger partial charge in [0.05, 0.1) is 0 Å². The zero-order chi connectivity index (χ0) is 18.5. The Hall–Kier alpha value is -0.530. The number of carbonyl (C=O) groups excluding carboxylic acids is 1. The van der Waals surface area contributed by atoms with Crippen LogP contribution in [0.5, 0.6) is 0 Å². The van der Waals surface area contributed by atoms with Crippen molar-refractivity contribution in [1.82, 2.24) is 0 Å². The third-order valence-corrected chi connectivity index (χ3v) is 10.2. The molecule has 1 amide bonds. The van der Waals surface area contributed by atoms with Crippen molar-refractivity contribution in [3.63, 3.8) is 0 Å². The molecule has 4 aliphatic carbocycles. The molecule has 2 nitrogen and oxygen atoms in total. The number of hydrogen-bond donors (Lipinski definition) is 1. The van der Waals surface area contributed by atoms with Crippen LogP contribution in [0.25, 0.3) is 0 Å². The normalized spacial score (nSPS) is 49.0. The second-order valence-electron chi connectivity index (χ2n) is 11.1. The van der Waals surface area contributed by atoms with E-state index in [0.29, 0.717) is 23.2 Å².